The quantitative estimate of drug-likeness (QED) is 0.472. The van der Waals surface area contributed by atoms with Gasteiger partial charge in [0, 0.05) is 6.92 Å². The van der Waals surface area contributed by atoms with E-state index in [4.69, 9.17) is 0 Å². The van der Waals surface area contributed by atoms with E-state index in [0.29, 0.717) is 18.1 Å². The Bertz CT molecular complexity index is 304. The summed E-state index contributed by atoms with van der Waals surface area (Å²) in [6.45, 7) is 6.92. The van der Waals surface area contributed by atoms with Gasteiger partial charge in [-0.25, -0.2) is 0 Å². The third-order valence-corrected chi connectivity index (χ3v) is 4.22. The van der Waals surface area contributed by atoms with E-state index >= 15 is 0 Å². The highest BCUT2D eigenvalue weighted by Crippen LogP contribution is 2.24. The van der Waals surface area contributed by atoms with Gasteiger partial charge in [-0.2, -0.15) is 0 Å². The van der Waals surface area contributed by atoms with Gasteiger partial charge in [-0.15, -0.1) is 0 Å². The minimum absolute atomic E-state index is 0.639. The highest BCUT2D eigenvalue weighted by atomic mass is 15.3. The van der Waals surface area contributed by atoms with Crippen molar-refractivity contribution in [3.05, 3.63) is 12.2 Å². The summed E-state index contributed by atoms with van der Waals surface area (Å²) in [5, 5.41) is 0. The molecule has 1 heterocycles. The zero-order valence-electron chi connectivity index (χ0n) is 10.4. The van der Waals surface area contributed by atoms with Crippen LogP contribution in [0.3, 0.4) is 0 Å². The Balaban J connectivity index is 2.22. The molecule has 2 rings (SSSR count). The molecule has 0 radical (unpaired) electrons. The van der Waals surface area contributed by atoms with Gasteiger partial charge in [-0.1, -0.05) is 6.08 Å². The second-order valence-electron chi connectivity index (χ2n) is 4.97. The number of hydrogen-bond acceptors (Lipinski definition) is 1. The zero-order valence-corrected chi connectivity index (χ0v) is 10.4. The van der Waals surface area contributed by atoms with Gasteiger partial charge in [0.1, 0.15) is 18.1 Å². The van der Waals surface area contributed by atoms with Crippen molar-refractivity contribution in [1.82, 2.24) is 4.90 Å². The van der Waals surface area contributed by atoms with Crippen molar-refractivity contribution >= 4 is 5.84 Å². The maximum absolute atomic E-state index is 2.60. The van der Waals surface area contributed by atoms with E-state index in [-0.39, 0.29) is 0 Å². The van der Waals surface area contributed by atoms with E-state index in [1.165, 1.54) is 25.1 Å². The number of likely N-dealkylation sites (N-methyl/N-ethyl adjacent to an activating group) is 1. The molecule has 0 saturated carbocycles. The highest BCUT2D eigenvalue weighted by molar-refractivity contribution is 5.77. The van der Waals surface area contributed by atoms with Crippen LogP contribution in [0.1, 0.15) is 40.0 Å². The molecule has 0 saturated heterocycles. The summed E-state index contributed by atoms with van der Waals surface area (Å²) in [5.41, 5.74) is 0. The summed E-state index contributed by atoms with van der Waals surface area (Å²) in [6.07, 6.45) is 8.67. The first-order valence-corrected chi connectivity index (χ1v) is 6.14. The fraction of sp³-hybridized carbons (Fsp3) is 0.769. The average Bonchev–Trinajstić information content (AvgIpc) is 2.45. The van der Waals surface area contributed by atoms with Crippen molar-refractivity contribution in [2.75, 3.05) is 7.05 Å². The Labute approximate surface area is 93.3 Å². The molecule has 2 nitrogen and oxygen atoms in total. The third-order valence-electron chi connectivity index (χ3n) is 4.22. The van der Waals surface area contributed by atoms with Gasteiger partial charge in [-0.05, 0) is 39.2 Å². The maximum atomic E-state index is 2.60. The van der Waals surface area contributed by atoms with Crippen molar-refractivity contribution in [2.45, 2.75) is 58.2 Å². The van der Waals surface area contributed by atoms with Crippen molar-refractivity contribution in [1.29, 1.82) is 0 Å². The zero-order chi connectivity index (χ0) is 11.0. The summed E-state index contributed by atoms with van der Waals surface area (Å²) < 4.78 is 2.41. The first-order valence-electron chi connectivity index (χ1n) is 6.14. The van der Waals surface area contributed by atoms with E-state index in [1.54, 1.807) is 0 Å². The third kappa shape index (κ3) is 1.70. The SMILES string of the molecule is CC1=[N+](C)[C@@H](C)[C@@H](C)N1[C@H]1C=CCCC1. The number of allylic oxidation sites excluding steroid dienone is 1. The summed E-state index contributed by atoms with van der Waals surface area (Å²) in [6, 6.07) is 1.92. The molecule has 0 fully saturated rings. The normalized spacial score (nSPS) is 36.5. The van der Waals surface area contributed by atoms with Gasteiger partial charge in [0.2, 0.25) is 5.84 Å². The number of amidine groups is 1. The van der Waals surface area contributed by atoms with Gasteiger partial charge in [0.15, 0.2) is 0 Å². The summed E-state index contributed by atoms with van der Waals surface area (Å²) >= 11 is 0. The lowest BCUT2D eigenvalue weighted by Gasteiger charge is -2.27. The molecule has 1 aliphatic heterocycles. The molecule has 3 atom stereocenters. The smallest absolute Gasteiger partial charge is 0.244 e. The predicted molar refractivity (Wildman–Crippen MR) is 64.4 cm³/mol. The molecule has 84 valence electrons. The summed E-state index contributed by atoms with van der Waals surface area (Å²) in [5.74, 6) is 1.44. The first kappa shape index (κ1) is 10.7. The Morgan fingerprint density at radius 2 is 2.13 bits per heavy atom. The minimum Gasteiger partial charge on any atom is -0.262 e. The van der Waals surface area contributed by atoms with Gasteiger partial charge >= 0.3 is 0 Å². The molecular formula is C13H23N2+. The van der Waals surface area contributed by atoms with E-state index in [2.05, 4.69) is 49.4 Å². The Hall–Kier alpha value is -0.790. The molecular weight excluding hydrogens is 184 g/mol. The van der Waals surface area contributed by atoms with Crippen LogP contribution in [0.2, 0.25) is 0 Å². The van der Waals surface area contributed by atoms with Gasteiger partial charge in [0.05, 0.1) is 7.05 Å². The second kappa shape index (κ2) is 3.99. The molecule has 0 aromatic carbocycles. The van der Waals surface area contributed by atoms with E-state index in [0.717, 1.165) is 0 Å². The van der Waals surface area contributed by atoms with E-state index in [9.17, 15) is 0 Å². The lowest BCUT2D eigenvalue weighted by molar-refractivity contribution is -0.527. The van der Waals surface area contributed by atoms with Gasteiger partial charge in [0.25, 0.3) is 0 Å². The molecule has 0 N–H and O–H groups in total. The molecule has 2 aliphatic rings. The van der Waals surface area contributed by atoms with Crippen molar-refractivity contribution in [3.8, 4) is 0 Å². The molecule has 0 bridgehead atoms. The lowest BCUT2D eigenvalue weighted by atomic mass is 9.99. The standard InChI is InChI=1S/C13H23N2/c1-10-11(2)15(12(3)14(10)4)13-8-6-5-7-9-13/h6,8,10-11,13H,5,7,9H2,1-4H3/q+1/t10-,11+,13-/m0/s1. The van der Waals surface area contributed by atoms with Crippen molar-refractivity contribution < 1.29 is 4.58 Å². The molecule has 15 heavy (non-hydrogen) atoms. The summed E-state index contributed by atoms with van der Waals surface area (Å²) in [7, 11) is 2.21. The monoisotopic (exact) mass is 207 g/mol. The van der Waals surface area contributed by atoms with Crippen molar-refractivity contribution in [2.24, 2.45) is 0 Å². The van der Waals surface area contributed by atoms with Crippen LogP contribution in [0.5, 0.6) is 0 Å². The van der Waals surface area contributed by atoms with Crippen LogP contribution in [0.25, 0.3) is 0 Å². The molecule has 1 aliphatic carbocycles. The fourth-order valence-corrected chi connectivity index (χ4v) is 2.90. The average molecular weight is 207 g/mol. The Morgan fingerprint density at radius 3 is 2.60 bits per heavy atom. The molecule has 0 aromatic heterocycles. The van der Waals surface area contributed by atoms with E-state index < -0.39 is 0 Å². The highest BCUT2D eigenvalue weighted by Gasteiger charge is 2.42. The Morgan fingerprint density at radius 1 is 1.40 bits per heavy atom. The maximum Gasteiger partial charge on any atom is 0.244 e. The fourth-order valence-electron chi connectivity index (χ4n) is 2.90. The predicted octanol–water partition coefficient (Wildman–Crippen LogP) is 2.25. The topological polar surface area (TPSA) is 6.25 Å². The number of nitrogens with zero attached hydrogens (tertiary/aromatic N) is 2. The molecule has 0 amide bonds. The minimum atomic E-state index is 0.639. The molecule has 0 aromatic rings. The lowest BCUT2D eigenvalue weighted by Crippen LogP contribution is -2.43. The van der Waals surface area contributed by atoms with Crippen LogP contribution in [0, 0.1) is 0 Å². The molecule has 0 spiro atoms. The molecule has 2 heteroatoms. The van der Waals surface area contributed by atoms with Crippen molar-refractivity contribution in [3.63, 3.8) is 0 Å². The van der Waals surface area contributed by atoms with Crippen LogP contribution in [-0.2, 0) is 0 Å². The van der Waals surface area contributed by atoms with Crippen LogP contribution in [-0.4, -0.2) is 40.5 Å². The largest absolute Gasteiger partial charge is 0.262 e. The van der Waals surface area contributed by atoms with Gasteiger partial charge < -0.3 is 0 Å². The summed E-state index contributed by atoms with van der Waals surface area (Å²) in [4.78, 5) is 2.60. The van der Waals surface area contributed by atoms with Crippen LogP contribution in [0.15, 0.2) is 12.2 Å². The van der Waals surface area contributed by atoms with Crippen LogP contribution >= 0.6 is 0 Å². The van der Waals surface area contributed by atoms with Crippen LogP contribution in [0.4, 0.5) is 0 Å². The number of rotatable bonds is 1. The molecule has 0 unspecified atom stereocenters. The van der Waals surface area contributed by atoms with Gasteiger partial charge in [-0.3, -0.25) is 9.48 Å². The number of hydrogen-bond donors (Lipinski definition) is 0. The Kier molecular flexibility index (Phi) is 2.85. The van der Waals surface area contributed by atoms with E-state index in [1.807, 2.05) is 0 Å². The second-order valence-corrected chi connectivity index (χ2v) is 4.97. The first-order chi connectivity index (χ1) is 7.13. The van der Waals surface area contributed by atoms with Crippen LogP contribution < -0.4 is 0 Å².